The van der Waals surface area contributed by atoms with Crippen molar-refractivity contribution in [3.63, 3.8) is 0 Å². The smallest absolute Gasteiger partial charge is 0.214 e. The number of halogens is 1. The Balaban J connectivity index is 2.69. The van der Waals surface area contributed by atoms with Gasteiger partial charge >= 0.3 is 0 Å². The molecule has 15 heavy (non-hydrogen) atoms. The van der Waals surface area contributed by atoms with Gasteiger partial charge in [-0.25, -0.2) is 8.42 Å². The van der Waals surface area contributed by atoms with E-state index in [0.717, 1.165) is 0 Å². The Kier molecular flexibility index (Phi) is 4.83. The molecule has 1 saturated heterocycles. The Morgan fingerprint density at radius 1 is 1.47 bits per heavy atom. The lowest BCUT2D eigenvalue weighted by molar-refractivity contribution is -0.0423. The SMILES string of the molecule is CCCS(=O)(=O)N1CC(C)OC(CCl)C1. The van der Waals surface area contributed by atoms with E-state index in [1.165, 1.54) is 4.31 Å². The fourth-order valence-electron chi connectivity index (χ4n) is 1.70. The molecule has 4 nitrogen and oxygen atoms in total. The summed E-state index contributed by atoms with van der Waals surface area (Å²) >= 11 is 5.69. The Morgan fingerprint density at radius 2 is 2.13 bits per heavy atom. The zero-order chi connectivity index (χ0) is 11.5. The molecule has 0 aromatic rings. The lowest BCUT2D eigenvalue weighted by Crippen LogP contribution is -2.50. The van der Waals surface area contributed by atoms with Crippen LogP contribution >= 0.6 is 11.6 Å². The van der Waals surface area contributed by atoms with Gasteiger partial charge in [-0.3, -0.25) is 0 Å². The third-order valence-electron chi connectivity index (χ3n) is 2.32. The standard InChI is InChI=1S/C9H18ClNO3S/c1-3-4-15(12,13)11-6-8(2)14-9(5-10)7-11/h8-9H,3-7H2,1-2H3. The summed E-state index contributed by atoms with van der Waals surface area (Å²) in [5.74, 6) is 0.539. The second kappa shape index (κ2) is 5.48. The van der Waals surface area contributed by atoms with E-state index < -0.39 is 10.0 Å². The maximum Gasteiger partial charge on any atom is 0.214 e. The van der Waals surface area contributed by atoms with Crippen molar-refractivity contribution < 1.29 is 13.2 Å². The van der Waals surface area contributed by atoms with Gasteiger partial charge in [0.25, 0.3) is 0 Å². The molecule has 1 aliphatic rings. The van der Waals surface area contributed by atoms with Gasteiger partial charge in [-0.1, -0.05) is 6.92 Å². The molecule has 90 valence electrons. The highest BCUT2D eigenvalue weighted by Crippen LogP contribution is 2.16. The van der Waals surface area contributed by atoms with Crippen LogP contribution in [0.2, 0.25) is 0 Å². The number of nitrogens with zero attached hydrogens (tertiary/aromatic N) is 1. The third kappa shape index (κ3) is 3.59. The minimum atomic E-state index is -3.11. The predicted molar refractivity (Wildman–Crippen MR) is 60.7 cm³/mol. The van der Waals surface area contributed by atoms with Gasteiger partial charge in [0.15, 0.2) is 0 Å². The van der Waals surface area contributed by atoms with Gasteiger partial charge in [0.2, 0.25) is 10.0 Å². The molecule has 1 aliphatic heterocycles. The quantitative estimate of drug-likeness (QED) is 0.706. The van der Waals surface area contributed by atoms with Crippen molar-refractivity contribution in [1.29, 1.82) is 0 Å². The number of hydrogen-bond donors (Lipinski definition) is 0. The van der Waals surface area contributed by atoms with Crippen LogP contribution in [0.15, 0.2) is 0 Å². The van der Waals surface area contributed by atoms with Crippen molar-refractivity contribution >= 4 is 21.6 Å². The van der Waals surface area contributed by atoms with Gasteiger partial charge < -0.3 is 4.74 Å². The van der Waals surface area contributed by atoms with Crippen molar-refractivity contribution in [3.8, 4) is 0 Å². The average Bonchev–Trinajstić information content (AvgIpc) is 2.16. The summed E-state index contributed by atoms with van der Waals surface area (Å²) in [6.45, 7) is 4.56. The summed E-state index contributed by atoms with van der Waals surface area (Å²) in [4.78, 5) is 0. The first-order chi connectivity index (χ1) is 6.99. The topological polar surface area (TPSA) is 46.6 Å². The Labute approximate surface area is 96.6 Å². The fraction of sp³-hybridized carbons (Fsp3) is 1.00. The summed E-state index contributed by atoms with van der Waals surface area (Å²) in [6, 6.07) is 0. The molecule has 2 unspecified atom stereocenters. The van der Waals surface area contributed by atoms with Crippen LogP contribution in [0, 0.1) is 0 Å². The van der Waals surface area contributed by atoms with E-state index in [-0.39, 0.29) is 18.0 Å². The third-order valence-corrected chi connectivity index (χ3v) is 4.67. The second-order valence-electron chi connectivity index (χ2n) is 3.86. The van der Waals surface area contributed by atoms with Crippen molar-refractivity contribution in [2.75, 3.05) is 24.7 Å². The number of sulfonamides is 1. The van der Waals surface area contributed by atoms with Gasteiger partial charge in [0.1, 0.15) is 0 Å². The summed E-state index contributed by atoms with van der Waals surface area (Å²) < 4.78 is 30.6. The molecule has 0 aromatic heterocycles. The zero-order valence-corrected chi connectivity index (χ0v) is 10.7. The van der Waals surface area contributed by atoms with E-state index in [4.69, 9.17) is 16.3 Å². The van der Waals surface area contributed by atoms with Crippen LogP contribution in [-0.4, -0.2) is 49.7 Å². The molecule has 0 spiro atoms. The van der Waals surface area contributed by atoms with Crippen molar-refractivity contribution in [2.24, 2.45) is 0 Å². The molecule has 6 heteroatoms. The van der Waals surface area contributed by atoms with Gasteiger partial charge in [0.05, 0.1) is 18.0 Å². The normalized spacial score (nSPS) is 29.3. The number of hydrogen-bond acceptors (Lipinski definition) is 3. The van der Waals surface area contributed by atoms with Crippen LogP contribution in [-0.2, 0) is 14.8 Å². The molecule has 0 aromatic carbocycles. The van der Waals surface area contributed by atoms with Crippen molar-refractivity contribution in [2.45, 2.75) is 32.5 Å². The summed E-state index contributed by atoms with van der Waals surface area (Å²) in [7, 11) is -3.11. The number of alkyl halides is 1. The number of morpholine rings is 1. The highest BCUT2D eigenvalue weighted by atomic mass is 35.5. The maximum absolute atomic E-state index is 11.8. The number of ether oxygens (including phenoxy) is 1. The molecule has 0 aliphatic carbocycles. The second-order valence-corrected chi connectivity index (χ2v) is 6.25. The molecule has 2 atom stereocenters. The van der Waals surface area contributed by atoms with E-state index in [0.29, 0.717) is 25.4 Å². The van der Waals surface area contributed by atoms with Crippen LogP contribution in [0.3, 0.4) is 0 Å². The molecule has 1 rings (SSSR count). The van der Waals surface area contributed by atoms with Gasteiger partial charge in [-0.2, -0.15) is 4.31 Å². The molecular weight excluding hydrogens is 238 g/mol. The average molecular weight is 256 g/mol. The summed E-state index contributed by atoms with van der Waals surface area (Å²) in [6.07, 6.45) is 0.385. The first-order valence-corrected chi connectivity index (χ1v) is 7.33. The van der Waals surface area contributed by atoms with Crippen LogP contribution in [0.1, 0.15) is 20.3 Å². The minimum Gasteiger partial charge on any atom is -0.371 e. The Morgan fingerprint density at radius 3 is 2.67 bits per heavy atom. The molecule has 1 fully saturated rings. The molecule has 1 heterocycles. The Bertz CT molecular complexity index is 294. The van der Waals surface area contributed by atoms with E-state index in [1.807, 2.05) is 13.8 Å². The largest absolute Gasteiger partial charge is 0.371 e. The Hall–Kier alpha value is 0.160. The van der Waals surface area contributed by atoms with Gasteiger partial charge in [0, 0.05) is 19.0 Å². The zero-order valence-electron chi connectivity index (χ0n) is 9.15. The van der Waals surface area contributed by atoms with Crippen LogP contribution in [0.5, 0.6) is 0 Å². The molecule has 0 saturated carbocycles. The minimum absolute atomic E-state index is 0.0749. The van der Waals surface area contributed by atoms with Gasteiger partial charge in [-0.05, 0) is 13.3 Å². The van der Waals surface area contributed by atoms with Crippen molar-refractivity contribution in [1.82, 2.24) is 4.31 Å². The van der Waals surface area contributed by atoms with Crippen LogP contribution < -0.4 is 0 Å². The first kappa shape index (κ1) is 13.2. The summed E-state index contributed by atoms with van der Waals surface area (Å²) in [5.41, 5.74) is 0. The highest BCUT2D eigenvalue weighted by molar-refractivity contribution is 7.89. The monoisotopic (exact) mass is 255 g/mol. The van der Waals surface area contributed by atoms with E-state index in [1.54, 1.807) is 0 Å². The lowest BCUT2D eigenvalue weighted by Gasteiger charge is -2.35. The lowest BCUT2D eigenvalue weighted by atomic mass is 10.3. The molecule has 0 amide bonds. The first-order valence-electron chi connectivity index (χ1n) is 5.18. The molecular formula is C9H18ClNO3S. The van der Waals surface area contributed by atoms with E-state index >= 15 is 0 Å². The van der Waals surface area contributed by atoms with Crippen molar-refractivity contribution in [3.05, 3.63) is 0 Å². The molecule has 0 N–H and O–H groups in total. The van der Waals surface area contributed by atoms with E-state index in [9.17, 15) is 8.42 Å². The molecule has 0 bridgehead atoms. The fourth-order valence-corrected chi connectivity index (χ4v) is 3.48. The summed E-state index contributed by atoms with van der Waals surface area (Å²) in [5, 5.41) is 0. The number of rotatable bonds is 4. The van der Waals surface area contributed by atoms with Gasteiger partial charge in [-0.15, -0.1) is 11.6 Å². The maximum atomic E-state index is 11.8. The van der Waals surface area contributed by atoms with Crippen LogP contribution in [0.25, 0.3) is 0 Å². The van der Waals surface area contributed by atoms with E-state index in [2.05, 4.69) is 0 Å². The highest BCUT2D eigenvalue weighted by Gasteiger charge is 2.31. The predicted octanol–water partition coefficient (Wildman–Crippen LogP) is 1.05. The van der Waals surface area contributed by atoms with Crippen LogP contribution in [0.4, 0.5) is 0 Å². The molecule has 0 radical (unpaired) electrons.